The van der Waals surface area contributed by atoms with Gasteiger partial charge in [0.25, 0.3) is 0 Å². The molecule has 2 nitrogen and oxygen atoms in total. The molecule has 1 aromatic carbocycles. The molecule has 13 heavy (non-hydrogen) atoms. The maximum atomic E-state index is 10.6. The molecule has 1 radical (unpaired) electrons. The molecule has 0 aromatic heterocycles. The predicted molar refractivity (Wildman–Crippen MR) is 52.8 cm³/mol. The van der Waals surface area contributed by atoms with Crippen molar-refractivity contribution in [1.29, 1.82) is 0 Å². The highest BCUT2D eigenvalue weighted by Crippen LogP contribution is 2.05. The zero-order chi connectivity index (χ0) is 9.68. The molecule has 0 unspecified atom stereocenters. The summed E-state index contributed by atoms with van der Waals surface area (Å²) in [4.78, 5) is 12.2. The summed E-state index contributed by atoms with van der Waals surface area (Å²) in [6.45, 7) is 4.60. The summed E-state index contributed by atoms with van der Waals surface area (Å²) in [5.41, 5.74) is 1.14. The molecule has 2 heteroatoms. The fourth-order valence-corrected chi connectivity index (χ4v) is 1.10. The Morgan fingerprint density at radius 1 is 1.31 bits per heavy atom. The minimum absolute atomic E-state index is 0.206. The van der Waals surface area contributed by atoms with Crippen LogP contribution in [0.2, 0.25) is 0 Å². The van der Waals surface area contributed by atoms with E-state index in [1.54, 1.807) is 4.90 Å². The zero-order valence-corrected chi connectivity index (χ0v) is 8.03. The van der Waals surface area contributed by atoms with Gasteiger partial charge in [0.1, 0.15) is 0 Å². The zero-order valence-electron chi connectivity index (χ0n) is 8.03. The van der Waals surface area contributed by atoms with E-state index in [0.29, 0.717) is 6.54 Å². The van der Waals surface area contributed by atoms with Crippen molar-refractivity contribution < 1.29 is 4.79 Å². The van der Waals surface area contributed by atoms with Gasteiger partial charge < -0.3 is 4.90 Å². The van der Waals surface area contributed by atoms with Crippen molar-refractivity contribution >= 4 is 6.41 Å². The van der Waals surface area contributed by atoms with E-state index >= 15 is 0 Å². The largest absolute Gasteiger partial charge is 0.328 e. The normalized spacial score (nSPS) is 10.1. The Hall–Kier alpha value is -1.31. The maximum absolute atomic E-state index is 10.6. The summed E-state index contributed by atoms with van der Waals surface area (Å²) in [6.07, 6.45) is 1.93. The highest BCUT2D eigenvalue weighted by molar-refractivity contribution is 5.48. The molecule has 69 valence electrons. The first kappa shape index (κ1) is 9.78. The van der Waals surface area contributed by atoms with E-state index in [1.807, 2.05) is 50.6 Å². The Labute approximate surface area is 79.2 Å². The molecule has 1 aromatic rings. The van der Waals surface area contributed by atoms with E-state index in [2.05, 4.69) is 0 Å². The van der Waals surface area contributed by atoms with Crippen molar-refractivity contribution in [2.75, 3.05) is 0 Å². The third-order valence-corrected chi connectivity index (χ3v) is 1.94. The summed E-state index contributed by atoms with van der Waals surface area (Å²) >= 11 is 0. The lowest BCUT2D eigenvalue weighted by Gasteiger charge is -2.20. The molecule has 0 fully saturated rings. The Morgan fingerprint density at radius 3 is 2.38 bits per heavy atom. The number of amides is 1. The quantitative estimate of drug-likeness (QED) is 0.642. The van der Waals surface area contributed by atoms with Gasteiger partial charge in [-0.2, -0.15) is 0 Å². The van der Waals surface area contributed by atoms with Crippen molar-refractivity contribution in [1.82, 2.24) is 4.90 Å². The molecular weight excluding hydrogens is 162 g/mol. The number of hydrogen-bond donors (Lipinski definition) is 0. The molecule has 0 atom stereocenters. The Balaban J connectivity index is 2.62. The Morgan fingerprint density at radius 2 is 1.92 bits per heavy atom. The SMILES string of the molecule is CC(C)N([C]=O)Cc1ccccc1. The average molecular weight is 176 g/mol. The van der Waals surface area contributed by atoms with Gasteiger partial charge in [-0.1, -0.05) is 30.3 Å². The van der Waals surface area contributed by atoms with Crippen LogP contribution in [0.4, 0.5) is 0 Å². The minimum Gasteiger partial charge on any atom is -0.328 e. The number of benzene rings is 1. The minimum atomic E-state index is 0.206. The topological polar surface area (TPSA) is 20.3 Å². The molecule has 0 N–H and O–H groups in total. The van der Waals surface area contributed by atoms with Crippen LogP contribution < -0.4 is 0 Å². The van der Waals surface area contributed by atoms with Crippen molar-refractivity contribution in [3.05, 3.63) is 35.9 Å². The van der Waals surface area contributed by atoms with E-state index in [0.717, 1.165) is 5.56 Å². The lowest BCUT2D eigenvalue weighted by atomic mass is 10.2. The Bertz CT molecular complexity index is 256. The highest BCUT2D eigenvalue weighted by atomic mass is 16.1. The Kier molecular flexibility index (Phi) is 3.50. The van der Waals surface area contributed by atoms with Gasteiger partial charge in [-0.05, 0) is 19.4 Å². The van der Waals surface area contributed by atoms with Crippen LogP contribution in [0.1, 0.15) is 19.4 Å². The fraction of sp³-hybridized carbons (Fsp3) is 0.364. The molecule has 0 aliphatic heterocycles. The lowest BCUT2D eigenvalue weighted by Crippen LogP contribution is -2.28. The molecule has 1 amide bonds. The fourth-order valence-electron chi connectivity index (χ4n) is 1.10. The molecule has 0 aliphatic rings. The molecular formula is C11H14NO. The number of rotatable bonds is 4. The van der Waals surface area contributed by atoms with E-state index in [4.69, 9.17) is 0 Å². The number of nitrogens with zero attached hydrogens (tertiary/aromatic N) is 1. The molecule has 0 saturated carbocycles. The smallest absolute Gasteiger partial charge is 0.312 e. The first-order valence-electron chi connectivity index (χ1n) is 4.42. The monoisotopic (exact) mass is 176 g/mol. The van der Waals surface area contributed by atoms with Crippen LogP contribution in [0.25, 0.3) is 0 Å². The van der Waals surface area contributed by atoms with Crippen molar-refractivity contribution in [2.24, 2.45) is 0 Å². The van der Waals surface area contributed by atoms with Gasteiger partial charge in [-0.25, -0.2) is 0 Å². The second kappa shape index (κ2) is 4.65. The standard InChI is InChI=1S/C11H14NO/c1-10(2)12(9-13)8-11-6-4-3-5-7-11/h3-7,10H,8H2,1-2H3. The molecule has 0 bridgehead atoms. The summed E-state index contributed by atoms with van der Waals surface area (Å²) in [5.74, 6) is 0. The number of hydrogen-bond acceptors (Lipinski definition) is 1. The van der Waals surface area contributed by atoms with Gasteiger partial charge in [0.15, 0.2) is 0 Å². The summed E-state index contributed by atoms with van der Waals surface area (Å²) in [7, 11) is 0. The highest BCUT2D eigenvalue weighted by Gasteiger charge is 2.07. The first-order chi connectivity index (χ1) is 6.24. The third kappa shape index (κ3) is 2.90. The lowest BCUT2D eigenvalue weighted by molar-refractivity contribution is 0.318. The van der Waals surface area contributed by atoms with Crippen LogP contribution >= 0.6 is 0 Å². The second-order valence-electron chi connectivity index (χ2n) is 3.30. The van der Waals surface area contributed by atoms with Crippen LogP contribution in [0.3, 0.4) is 0 Å². The van der Waals surface area contributed by atoms with Crippen molar-refractivity contribution in [2.45, 2.75) is 26.4 Å². The average Bonchev–Trinajstić information content (AvgIpc) is 2.15. The van der Waals surface area contributed by atoms with Crippen molar-refractivity contribution in [3.8, 4) is 0 Å². The van der Waals surface area contributed by atoms with Gasteiger partial charge in [0.05, 0.1) is 0 Å². The van der Waals surface area contributed by atoms with Crippen LogP contribution in [0.5, 0.6) is 0 Å². The predicted octanol–water partition coefficient (Wildman–Crippen LogP) is 1.96. The van der Waals surface area contributed by atoms with Crippen LogP contribution in [0, 0.1) is 0 Å². The molecule has 0 spiro atoms. The van der Waals surface area contributed by atoms with Crippen LogP contribution in [-0.4, -0.2) is 17.4 Å². The summed E-state index contributed by atoms with van der Waals surface area (Å²) < 4.78 is 0. The second-order valence-corrected chi connectivity index (χ2v) is 3.30. The van der Waals surface area contributed by atoms with E-state index in [1.165, 1.54) is 0 Å². The van der Waals surface area contributed by atoms with E-state index in [-0.39, 0.29) is 6.04 Å². The molecule has 0 heterocycles. The molecule has 1 rings (SSSR count). The van der Waals surface area contributed by atoms with Gasteiger partial charge in [-0.3, -0.25) is 4.79 Å². The first-order valence-corrected chi connectivity index (χ1v) is 4.42. The third-order valence-electron chi connectivity index (χ3n) is 1.94. The van der Waals surface area contributed by atoms with Crippen molar-refractivity contribution in [3.63, 3.8) is 0 Å². The van der Waals surface area contributed by atoms with Crippen LogP contribution in [0.15, 0.2) is 30.3 Å². The summed E-state index contributed by atoms with van der Waals surface area (Å²) in [6, 6.07) is 10.1. The van der Waals surface area contributed by atoms with Gasteiger partial charge in [0.2, 0.25) is 0 Å². The summed E-state index contributed by atoms with van der Waals surface area (Å²) in [5, 5.41) is 0. The molecule has 0 saturated heterocycles. The van der Waals surface area contributed by atoms with Crippen LogP contribution in [-0.2, 0) is 11.3 Å². The number of carbonyl (C=O) groups excluding carboxylic acids is 1. The van der Waals surface area contributed by atoms with E-state index < -0.39 is 0 Å². The van der Waals surface area contributed by atoms with Gasteiger partial charge >= 0.3 is 6.41 Å². The van der Waals surface area contributed by atoms with Gasteiger partial charge in [-0.15, -0.1) is 0 Å². The molecule has 0 aliphatic carbocycles. The van der Waals surface area contributed by atoms with Gasteiger partial charge in [0, 0.05) is 12.6 Å². The maximum Gasteiger partial charge on any atom is 0.312 e. The van der Waals surface area contributed by atoms with E-state index in [9.17, 15) is 4.79 Å².